The van der Waals surface area contributed by atoms with Crippen molar-refractivity contribution in [3.05, 3.63) is 46.2 Å². The van der Waals surface area contributed by atoms with E-state index in [-0.39, 0.29) is 10.8 Å². The van der Waals surface area contributed by atoms with Gasteiger partial charge in [0.2, 0.25) is 15.9 Å². The normalized spacial score (nSPS) is 11.9. The number of thiophene rings is 1. The summed E-state index contributed by atoms with van der Waals surface area (Å²) in [5.41, 5.74) is 0.308. The lowest BCUT2D eigenvalue weighted by Crippen LogP contribution is -2.30. The molecule has 0 aliphatic heterocycles. The van der Waals surface area contributed by atoms with Crippen molar-refractivity contribution >= 4 is 39.0 Å². The number of aryl methyl sites for hydroxylation is 1. The van der Waals surface area contributed by atoms with Crippen molar-refractivity contribution in [1.82, 2.24) is 4.31 Å². The minimum absolute atomic E-state index is 0.111. The van der Waals surface area contributed by atoms with Crippen molar-refractivity contribution in [1.29, 1.82) is 0 Å². The van der Waals surface area contributed by atoms with Gasteiger partial charge >= 0.3 is 0 Å². The molecular weight excluding hydrogens is 384 g/mol. The molecule has 146 valence electrons. The molecule has 0 aliphatic rings. The molecule has 8 heteroatoms. The number of benzene rings is 1. The van der Waals surface area contributed by atoms with Crippen molar-refractivity contribution in [2.75, 3.05) is 25.5 Å². The molecule has 1 aromatic carbocycles. The summed E-state index contributed by atoms with van der Waals surface area (Å²) in [4.78, 5) is 14.5. The molecule has 0 spiro atoms. The number of nitrogens with one attached hydrogen (secondary N) is 1. The number of nitrogens with zero attached hydrogens (tertiary/aromatic N) is 1. The molecule has 0 radical (unpaired) electrons. The van der Waals surface area contributed by atoms with Crippen LogP contribution in [0.4, 0.5) is 5.69 Å². The van der Waals surface area contributed by atoms with Crippen LogP contribution in [-0.4, -0.2) is 38.8 Å². The average molecular weight is 409 g/mol. The number of rotatable bonds is 8. The Morgan fingerprint density at radius 2 is 1.93 bits per heavy atom. The number of hydrogen-bond donors (Lipinski definition) is 1. The van der Waals surface area contributed by atoms with Gasteiger partial charge in [0.25, 0.3) is 0 Å². The third kappa shape index (κ3) is 5.18. The van der Waals surface area contributed by atoms with Crippen molar-refractivity contribution < 1.29 is 17.9 Å². The predicted octanol–water partition coefficient (Wildman–Crippen LogP) is 3.75. The summed E-state index contributed by atoms with van der Waals surface area (Å²) in [5, 5.41) is 2.70. The topological polar surface area (TPSA) is 75.7 Å². The molecule has 0 atom stereocenters. The van der Waals surface area contributed by atoms with Crippen LogP contribution < -0.4 is 10.1 Å². The van der Waals surface area contributed by atoms with Gasteiger partial charge in [-0.2, -0.15) is 4.31 Å². The van der Waals surface area contributed by atoms with Gasteiger partial charge in [-0.1, -0.05) is 13.8 Å². The van der Waals surface area contributed by atoms with Crippen LogP contribution in [0.15, 0.2) is 41.3 Å². The highest BCUT2D eigenvalue weighted by atomic mass is 32.2. The lowest BCUT2D eigenvalue weighted by atomic mass is 10.3. The highest BCUT2D eigenvalue weighted by Crippen LogP contribution is 2.29. The standard InChI is InChI=1S/C19H24N2O4S2/c1-5-21(6-2)27(23,24)16-10-11-18(25-4)17(13-16)20-19(22)12-9-15-8-7-14(3)26-15/h7-13H,5-6H2,1-4H3,(H,20,22). The Balaban J connectivity index is 2.27. The first-order valence-corrected chi connectivity index (χ1v) is 10.8. The zero-order valence-electron chi connectivity index (χ0n) is 15.9. The highest BCUT2D eigenvalue weighted by Gasteiger charge is 2.23. The van der Waals surface area contributed by atoms with Gasteiger partial charge < -0.3 is 10.1 Å². The van der Waals surface area contributed by atoms with Crippen LogP contribution in [0.1, 0.15) is 23.6 Å². The lowest BCUT2D eigenvalue weighted by Gasteiger charge is -2.19. The Labute approximate surface area is 164 Å². The van der Waals surface area contributed by atoms with Gasteiger partial charge in [-0.05, 0) is 43.3 Å². The third-order valence-corrected chi connectivity index (χ3v) is 6.94. The first kappa shape index (κ1) is 21.1. The summed E-state index contributed by atoms with van der Waals surface area (Å²) >= 11 is 1.58. The zero-order chi connectivity index (χ0) is 20.0. The van der Waals surface area contributed by atoms with Gasteiger partial charge in [0, 0.05) is 28.9 Å². The molecule has 0 fully saturated rings. The Morgan fingerprint density at radius 1 is 1.22 bits per heavy atom. The summed E-state index contributed by atoms with van der Waals surface area (Å²) in [6, 6.07) is 8.35. The molecule has 0 saturated carbocycles. The maximum absolute atomic E-state index is 12.7. The summed E-state index contributed by atoms with van der Waals surface area (Å²) in [6.45, 7) is 6.30. The molecule has 0 aliphatic carbocycles. The molecule has 1 aromatic heterocycles. The summed E-state index contributed by atoms with van der Waals surface area (Å²) < 4.78 is 32.0. The number of carbonyl (C=O) groups excluding carboxylic acids is 1. The SMILES string of the molecule is CCN(CC)S(=O)(=O)c1ccc(OC)c(NC(=O)C=Cc2ccc(C)s2)c1. The van der Waals surface area contributed by atoms with Crippen molar-refractivity contribution in [2.24, 2.45) is 0 Å². The number of ether oxygens (including phenoxy) is 1. The summed E-state index contributed by atoms with van der Waals surface area (Å²) in [6.07, 6.45) is 3.13. The minimum Gasteiger partial charge on any atom is -0.495 e. The second-order valence-electron chi connectivity index (χ2n) is 5.72. The smallest absolute Gasteiger partial charge is 0.248 e. The van der Waals surface area contributed by atoms with Gasteiger partial charge in [0.1, 0.15) is 5.75 Å². The van der Waals surface area contributed by atoms with Gasteiger partial charge in [0.05, 0.1) is 17.7 Å². The monoisotopic (exact) mass is 408 g/mol. The fraction of sp³-hybridized carbons (Fsp3) is 0.316. The van der Waals surface area contributed by atoms with Crippen molar-refractivity contribution in [3.63, 3.8) is 0 Å². The first-order chi connectivity index (χ1) is 12.8. The van der Waals surface area contributed by atoms with E-state index in [1.807, 2.05) is 19.1 Å². The van der Waals surface area contributed by atoms with E-state index in [4.69, 9.17) is 4.74 Å². The van der Waals surface area contributed by atoms with Crippen LogP contribution in [0.2, 0.25) is 0 Å². The van der Waals surface area contributed by atoms with Crippen LogP contribution in [0.3, 0.4) is 0 Å². The Morgan fingerprint density at radius 3 is 2.48 bits per heavy atom. The van der Waals surface area contributed by atoms with Gasteiger partial charge in [-0.25, -0.2) is 8.42 Å². The number of sulfonamides is 1. The number of anilines is 1. The molecule has 1 N–H and O–H groups in total. The largest absolute Gasteiger partial charge is 0.495 e. The van der Waals surface area contributed by atoms with E-state index in [0.29, 0.717) is 24.5 Å². The molecule has 27 heavy (non-hydrogen) atoms. The van der Waals surface area contributed by atoms with E-state index in [0.717, 1.165) is 9.75 Å². The van der Waals surface area contributed by atoms with Gasteiger partial charge in [-0.3, -0.25) is 4.79 Å². The van der Waals surface area contributed by atoms with Crippen molar-refractivity contribution in [3.8, 4) is 5.75 Å². The quantitative estimate of drug-likeness (QED) is 0.675. The van der Waals surface area contributed by atoms with Crippen LogP contribution in [0, 0.1) is 6.92 Å². The molecular formula is C19H24N2O4S2. The Bertz CT molecular complexity index is 929. The van der Waals surface area contributed by atoms with Gasteiger partial charge in [0.15, 0.2) is 0 Å². The third-order valence-electron chi connectivity index (χ3n) is 3.93. The predicted molar refractivity (Wildman–Crippen MR) is 110 cm³/mol. The summed E-state index contributed by atoms with van der Waals surface area (Å²) in [7, 11) is -2.16. The van der Waals surface area contributed by atoms with Crippen LogP contribution in [0.5, 0.6) is 5.75 Å². The zero-order valence-corrected chi connectivity index (χ0v) is 17.5. The number of hydrogen-bond acceptors (Lipinski definition) is 5. The lowest BCUT2D eigenvalue weighted by molar-refractivity contribution is -0.111. The van der Waals surface area contributed by atoms with Gasteiger partial charge in [-0.15, -0.1) is 11.3 Å². The number of amides is 1. The second kappa shape index (κ2) is 9.16. The van der Waals surface area contributed by atoms with E-state index in [9.17, 15) is 13.2 Å². The molecule has 2 rings (SSSR count). The molecule has 6 nitrogen and oxygen atoms in total. The Hall–Kier alpha value is -2.16. The van der Waals surface area contributed by atoms with Crippen LogP contribution in [0.25, 0.3) is 6.08 Å². The van der Waals surface area contributed by atoms with Crippen molar-refractivity contribution in [2.45, 2.75) is 25.7 Å². The van der Waals surface area contributed by atoms with E-state index in [1.54, 1.807) is 37.3 Å². The van der Waals surface area contributed by atoms with E-state index in [2.05, 4.69) is 5.32 Å². The Kier molecular flexibility index (Phi) is 7.18. The molecule has 0 saturated heterocycles. The molecule has 1 heterocycles. The fourth-order valence-corrected chi connectivity index (χ4v) is 4.80. The first-order valence-electron chi connectivity index (χ1n) is 8.55. The maximum Gasteiger partial charge on any atom is 0.248 e. The van der Waals surface area contributed by atoms with E-state index in [1.165, 1.54) is 29.6 Å². The average Bonchev–Trinajstić information content (AvgIpc) is 3.06. The van der Waals surface area contributed by atoms with E-state index < -0.39 is 10.0 Å². The summed E-state index contributed by atoms with van der Waals surface area (Å²) in [5.74, 6) is 0.0268. The number of methoxy groups -OCH3 is 1. The highest BCUT2D eigenvalue weighted by molar-refractivity contribution is 7.89. The molecule has 2 aromatic rings. The molecule has 1 amide bonds. The molecule has 0 unspecified atom stereocenters. The van der Waals surface area contributed by atoms with E-state index >= 15 is 0 Å². The second-order valence-corrected chi connectivity index (χ2v) is 8.98. The van der Waals surface area contributed by atoms with Crippen LogP contribution >= 0.6 is 11.3 Å². The van der Waals surface area contributed by atoms with Crippen LogP contribution in [-0.2, 0) is 14.8 Å². The fourth-order valence-electron chi connectivity index (χ4n) is 2.53. The maximum atomic E-state index is 12.7. The number of carbonyl (C=O) groups is 1. The minimum atomic E-state index is -3.63. The molecule has 0 bridgehead atoms.